The lowest BCUT2D eigenvalue weighted by molar-refractivity contribution is 1.28. The van der Waals surface area contributed by atoms with E-state index in [-0.39, 0.29) is 0 Å². The smallest absolute Gasteiger partial charge is 0.0639 e. The highest BCUT2D eigenvalue weighted by Crippen LogP contribution is 2.34. The van der Waals surface area contributed by atoms with Crippen molar-refractivity contribution in [3.63, 3.8) is 0 Å². The third-order valence-corrected chi connectivity index (χ3v) is 3.39. The molecule has 82 valence electrons. The van der Waals surface area contributed by atoms with Crippen molar-refractivity contribution in [1.82, 2.24) is 0 Å². The van der Waals surface area contributed by atoms with Crippen LogP contribution in [0.1, 0.15) is 0 Å². The molecule has 2 aromatic rings. The highest BCUT2D eigenvalue weighted by molar-refractivity contribution is 7.99. The van der Waals surface area contributed by atoms with E-state index >= 15 is 0 Å². The van der Waals surface area contributed by atoms with Crippen LogP contribution in [0.5, 0.6) is 0 Å². The number of halogens is 1. The standard InChI is InChI=1S/C12H11ClN2S/c13-9-6-7-12(11(8-9)15-14)16-10-4-2-1-3-5-10/h1-8,15H,14H2. The normalized spacial score (nSPS) is 10.1. The number of rotatable bonds is 3. The van der Waals surface area contributed by atoms with Crippen LogP contribution in [0.15, 0.2) is 58.3 Å². The minimum atomic E-state index is 0.672. The Kier molecular flexibility index (Phi) is 3.72. The molecule has 0 aromatic heterocycles. The number of nitrogen functional groups attached to an aromatic ring is 1. The van der Waals surface area contributed by atoms with Gasteiger partial charge in [0, 0.05) is 14.8 Å². The summed E-state index contributed by atoms with van der Waals surface area (Å²) in [6, 6.07) is 15.7. The lowest BCUT2D eigenvalue weighted by atomic mass is 10.3. The Morgan fingerprint density at radius 1 is 1.06 bits per heavy atom. The molecule has 2 aromatic carbocycles. The summed E-state index contributed by atoms with van der Waals surface area (Å²) in [5.41, 5.74) is 3.49. The zero-order valence-electron chi connectivity index (χ0n) is 8.48. The molecule has 16 heavy (non-hydrogen) atoms. The summed E-state index contributed by atoms with van der Waals surface area (Å²) in [5.74, 6) is 5.45. The molecule has 4 heteroatoms. The summed E-state index contributed by atoms with van der Waals surface area (Å²) < 4.78 is 0. The van der Waals surface area contributed by atoms with Crippen LogP contribution < -0.4 is 11.3 Å². The van der Waals surface area contributed by atoms with Crippen LogP contribution in [0.25, 0.3) is 0 Å². The summed E-state index contributed by atoms with van der Waals surface area (Å²) in [5, 5.41) is 0.672. The Morgan fingerprint density at radius 2 is 1.81 bits per heavy atom. The highest BCUT2D eigenvalue weighted by Gasteiger charge is 2.03. The Labute approximate surface area is 104 Å². The molecule has 0 spiro atoms. The van der Waals surface area contributed by atoms with Crippen molar-refractivity contribution in [3.05, 3.63) is 53.6 Å². The molecule has 0 aliphatic heterocycles. The maximum Gasteiger partial charge on any atom is 0.0639 e. The van der Waals surface area contributed by atoms with E-state index in [4.69, 9.17) is 17.4 Å². The van der Waals surface area contributed by atoms with Gasteiger partial charge >= 0.3 is 0 Å². The Hall–Kier alpha value is -1.16. The van der Waals surface area contributed by atoms with E-state index in [1.165, 1.54) is 4.90 Å². The molecule has 0 radical (unpaired) electrons. The van der Waals surface area contributed by atoms with Gasteiger partial charge in [0.25, 0.3) is 0 Å². The van der Waals surface area contributed by atoms with Gasteiger partial charge in [0.1, 0.15) is 0 Å². The molecule has 0 unspecified atom stereocenters. The molecule has 0 heterocycles. The molecule has 0 saturated heterocycles. The van der Waals surface area contributed by atoms with Gasteiger partial charge in [-0.2, -0.15) is 0 Å². The predicted molar refractivity (Wildman–Crippen MR) is 69.8 cm³/mol. The van der Waals surface area contributed by atoms with Crippen molar-refractivity contribution in [2.45, 2.75) is 9.79 Å². The monoisotopic (exact) mass is 250 g/mol. The van der Waals surface area contributed by atoms with Crippen LogP contribution in [0.2, 0.25) is 5.02 Å². The van der Waals surface area contributed by atoms with Gasteiger partial charge < -0.3 is 5.43 Å². The molecule has 0 amide bonds. The number of hydrogen-bond acceptors (Lipinski definition) is 3. The topological polar surface area (TPSA) is 38.0 Å². The molecule has 2 nitrogen and oxygen atoms in total. The average Bonchev–Trinajstić information content (AvgIpc) is 2.33. The summed E-state index contributed by atoms with van der Waals surface area (Å²) in [4.78, 5) is 2.22. The van der Waals surface area contributed by atoms with Gasteiger partial charge in [0.05, 0.1) is 5.69 Å². The molecule has 0 fully saturated rings. The third-order valence-electron chi connectivity index (χ3n) is 2.07. The van der Waals surface area contributed by atoms with Gasteiger partial charge in [-0.05, 0) is 30.3 Å². The zero-order chi connectivity index (χ0) is 11.4. The summed E-state index contributed by atoms with van der Waals surface area (Å²) in [6.07, 6.45) is 0. The van der Waals surface area contributed by atoms with Gasteiger partial charge in [-0.3, -0.25) is 5.84 Å². The third kappa shape index (κ3) is 2.70. The highest BCUT2D eigenvalue weighted by atomic mass is 35.5. The molecule has 0 bridgehead atoms. The summed E-state index contributed by atoms with van der Waals surface area (Å²) >= 11 is 7.54. The molecule has 0 aliphatic rings. The van der Waals surface area contributed by atoms with Crippen molar-refractivity contribution < 1.29 is 0 Å². The summed E-state index contributed by atoms with van der Waals surface area (Å²) in [6.45, 7) is 0. The largest absolute Gasteiger partial charge is 0.323 e. The van der Waals surface area contributed by atoms with Crippen molar-refractivity contribution in [3.8, 4) is 0 Å². The van der Waals surface area contributed by atoms with Crippen molar-refractivity contribution in [2.75, 3.05) is 5.43 Å². The number of hydrogen-bond donors (Lipinski definition) is 2. The van der Waals surface area contributed by atoms with Crippen molar-refractivity contribution >= 4 is 29.1 Å². The first-order chi connectivity index (χ1) is 7.79. The number of nitrogens with two attached hydrogens (primary N) is 1. The van der Waals surface area contributed by atoms with E-state index < -0.39 is 0 Å². The van der Waals surface area contributed by atoms with Gasteiger partial charge in [-0.15, -0.1) is 0 Å². The SMILES string of the molecule is NNc1cc(Cl)ccc1Sc1ccccc1. The van der Waals surface area contributed by atoms with Gasteiger partial charge in [-0.25, -0.2) is 0 Å². The number of nitrogens with one attached hydrogen (secondary N) is 1. The Balaban J connectivity index is 2.28. The van der Waals surface area contributed by atoms with Crippen molar-refractivity contribution in [1.29, 1.82) is 0 Å². The van der Waals surface area contributed by atoms with Crippen LogP contribution in [-0.4, -0.2) is 0 Å². The lowest BCUT2D eigenvalue weighted by Gasteiger charge is -2.08. The minimum Gasteiger partial charge on any atom is -0.323 e. The van der Waals surface area contributed by atoms with E-state index in [0.717, 1.165) is 10.6 Å². The number of anilines is 1. The Bertz CT molecular complexity index is 474. The second kappa shape index (κ2) is 5.25. The molecule has 0 atom stereocenters. The summed E-state index contributed by atoms with van der Waals surface area (Å²) in [7, 11) is 0. The average molecular weight is 251 g/mol. The lowest BCUT2D eigenvalue weighted by Crippen LogP contribution is -2.07. The van der Waals surface area contributed by atoms with E-state index in [1.807, 2.05) is 36.4 Å². The van der Waals surface area contributed by atoms with E-state index in [2.05, 4.69) is 17.6 Å². The quantitative estimate of drug-likeness (QED) is 0.643. The first kappa shape index (κ1) is 11.3. The Morgan fingerprint density at radius 3 is 2.50 bits per heavy atom. The molecule has 0 aliphatic carbocycles. The first-order valence-electron chi connectivity index (χ1n) is 4.78. The molecule has 3 N–H and O–H groups in total. The first-order valence-corrected chi connectivity index (χ1v) is 5.98. The number of hydrazine groups is 1. The van der Waals surface area contributed by atoms with E-state index in [0.29, 0.717) is 5.02 Å². The van der Waals surface area contributed by atoms with E-state index in [9.17, 15) is 0 Å². The fraction of sp³-hybridized carbons (Fsp3) is 0. The minimum absolute atomic E-state index is 0.672. The van der Waals surface area contributed by atoms with Gasteiger partial charge in [0.2, 0.25) is 0 Å². The zero-order valence-corrected chi connectivity index (χ0v) is 10.1. The second-order valence-electron chi connectivity index (χ2n) is 3.20. The maximum absolute atomic E-state index is 5.89. The second-order valence-corrected chi connectivity index (χ2v) is 4.75. The van der Waals surface area contributed by atoms with Crippen LogP contribution in [0, 0.1) is 0 Å². The van der Waals surface area contributed by atoms with Crippen LogP contribution in [-0.2, 0) is 0 Å². The predicted octanol–water partition coefficient (Wildman–Crippen LogP) is 3.78. The van der Waals surface area contributed by atoms with Crippen LogP contribution in [0.4, 0.5) is 5.69 Å². The fourth-order valence-electron chi connectivity index (χ4n) is 1.32. The van der Waals surface area contributed by atoms with Gasteiger partial charge in [-0.1, -0.05) is 41.6 Å². The maximum atomic E-state index is 5.89. The molecular formula is C12H11ClN2S. The van der Waals surface area contributed by atoms with E-state index in [1.54, 1.807) is 11.8 Å². The van der Waals surface area contributed by atoms with Crippen LogP contribution >= 0.6 is 23.4 Å². The molecule has 0 saturated carbocycles. The van der Waals surface area contributed by atoms with Crippen LogP contribution in [0.3, 0.4) is 0 Å². The molecule has 2 rings (SSSR count). The molecular weight excluding hydrogens is 240 g/mol. The fourth-order valence-corrected chi connectivity index (χ4v) is 2.40. The van der Waals surface area contributed by atoms with Gasteiger partial charge in [0.15, 0.2) is 0 Å². The number of benzene rings is 2. The van der Waals surface area contributed by atoms with Crippen molar-refractivity contribution in [2.24, 2.45) is 5.84 Å².